The summed E-state index contributed by atoms with van der Waals surface area (Å²) in [4.78, 5) is 0.974. The number of amidine groups is 1. The zero-order chi connectivity index (χ0) is 15.0. The first-order valence-corrected chi connectivity index (χ1v) is 8.60. The molecule has 0 bridgehead atoms. The van der Waals surface area contributed by atoms with Crippen LogP contribution in [0.15, 0.2) is 21.5 Å². The van der Waals surface area contributed by atoms with Crippen LogP contribution in [-0.4, -0.2) is 36.9 Å². The van der Waals surface area contributed by atoms with Crippen molar-refractivity contribution in [3.63, 3.8) is 0 Å². The van der Waals surface area contributed by atoms with Gasteiger partial charge in [0.1, 0.15) is 10.0 Å². The Kier molecular flexibility index (Phi) is 4.08. The van der Waals surface area contributed by atoms with Crippen LogP contribution in [-0.2, 0) is 10.0 Å². The molecule has 2 rings (SSSR count). The molecule has 112 valence electrons. The van der Waals surface area contributed by atoms with E-state index in [9.17, 15) is 8.42 Å². The van der Waals surface area contributed by atoms with Crippen molar-refractivity contribution in [2.24, 2.45) is 16.3 Å². The van der Waals surface area contributed by atoms with Crippen molar-refractivity contribution in [1.29, 1.82) is 0 Å². The highest BCUT2D eigenvalue weighted by molar-refractivity contribution is 7.91. The van der Waals surface area contributed by atoms with Gasteiger partial charge in [-0.3, -0.25) is 0 Å². The Balaban J connectivity index is 2.15. The summed E-state index contributed by atoms with van der Waals surface area (Å²) in [6.45, 7) is 4.54. The molecule has 0 unspecified atom stereocenters. The number of sulfonamides is 1. The van der Waals surface area contributed by atoms with Crippen LogP contribution in [0.1, 0.15) is 24.6 Å². The summed E-state index contributed by atoms with van der Waals surface area (Å²) in [6.07, 6.45) is 1.10. The second kappa shape index (κ2) is 5.34. The molecule has 20 heavy (non-hydrogen) atoms. The molecule has 3 N–H and O–H groups in total. The molecule has 0 aliphatic carbocycles. The van der Waals surface area contributed by atoms with Crippen molar-refractivity contribution in [3.05, 3.63) is 17.0 Å². The summed E-state index contributed by atoms with van der Waals surface area (Å²) in [7, 11) is -3.42. The maximum Gasteiger partial charge on any atom is 0.252 e. The fourth-order valence-corrected chi connectivity index (χ4v) is 5.15. The molecular weight excluding hydrogens is 298 g/mol. The fourth-order valence-electron chi connectivity index (χ4n) is 2.27. The predicted molar refractivity (Wildman–Crippen MR) is 78.6 cm³/mol. The molecule has 0 amide bonds. The molecule has 6 nitrogen and oxygen atoms in total. The summed E-state index contributed by atoms with van der Waals surface area (Å²) in [5.41, 5.74) is 5.25. The average Bonchev–Trinajstić information content (AvgIpc) is 2.85. The van der Waals surface area contributed by atoms with E-state index in [-0.39, 0.29) is 5.84 Å². The standard InChI is InChI=1S/C12H19N3O3S2/c1-9-3-4-10(19-9)20(17,18)15-7-5-12(2,6-8-15)11(13)14-16/h3-4,16H,5-8H2,1-2H3,(H2,13,14). The van der Waals surface area contributed by atoms with Gasteiger partial charge in [0, 0.05) is 23.4 Å². The summed E-state index contributed by atoms with van der Waals surface area (Å²) in [5, 5.41) is 11.9. The molecule has 0 saturated carbocycles. The first-order chi connectivity index (χ1) is 9.29. The van der Waals surface area contributed by atoms with Crippen molar-refractivity contribution < 1.29 is 13.6 Å². The van der Waals surface area contributed by atoms with E-state index in [1.54, 1.807) is 6.07 Å². The summed E-state index contributed by atoms with van der Waals surface area (Å²) in [5.74, 6) is 0.168. The van der Waals surface area contributed by atoms with E-state index in [0.717, 1.165) is 4.88 Å². The van der Waals surface area contributed by atoms with Crippen LogP contribution in [0.5, 0.6) is 0 Å². The Morgan fingerprint density at radius 3 is 2.50 bits per heavy atom. The summed E-state index contributed by atoms with van der Waals surface area (Å²) < 4.78 is 26.8. The minimum absolute atomic E-state index is 0.168. The summed E-state index contributed by atoms with van der Waals surface area (Å²) in [6, 6.07) is 3.45. The molecule has 2 heterocycles. The molecule has 8 heteroatoms. The number of piperidine rings is 1. The first kappa shape index (κ1) is 15.3. The molecule has 1 fully saturated rings. The van der Waals surface area contributed by atoms with E-state index in [1.165, 1.54) is 15.6 Å². The number of aryl methyl sites for hydroxylation is 1. The number of hydrogen-bond acceptors (Lipinski definition) is 5. The Morgan fingerprint density at radius 2 is 2.05 bits per heavy atom. The summed E-state index contributed by atoms with van der Waals surface area (Å²) >= 11 is 1.28. The fraction of sp³-hybridized carbons (Fsp3) is 0.583. The quantitative estimate of drug-likeness (QED) is 0.383. The van der Waals surface area contributed by atoms with Crippen molar-refractivity contribution in [1.82, 2.24) is 4.31 Å². The Hall–Kier alpha value is -1.12. The SMILES string of the molecule is Cc1ccc(S(=O)(=O)N2CCC(C)(/C(N)=N/O)CC2)s1. The van der Waals surface area contributed by atoms with Crippen LogP contribution in [0.4, 0.5) is 0 Å². The van der Waals surface area contributed by atoms with Gasteiger partial charge in [-0.2, -0.15) is 4.31 Å². The van der Waals surface area contributed by atoms with Gasteiger partial charge in [-0.25, -0.2) is 8.42 Å². The number of oxime groups is 1. The molecule has 1 aromatic rings. The normalized spacial score (nSPS) is 21.0. The molecule has 1 aliphatic heterocycles. The first-order valence-electron chi connectivity index (χ1n) is 6.34. The number of nitrogens with zero attached hydrogens (tertiary/aromatic N) is 2. The Labute approximate surface area is 122 Å². The van der Waals surface area contributed by atoms with Crippen LogP contribution in [0.3, 0.4) is 0 Å². The van der Waals surface area contributed by atoms with Crippen molar-refractivity contribution >= 4 is 27.2 Å². The molecular formula is C12H19N3O3S2. The largest absolute Gasteiger partial charge is 0.409 e. The lowest BCUT2D eigenvalue weighted by atomic mass is 9.80. The van der Waals surface area contributed by atoms with Crippen molar-refractivity contribution in [2.45, 2.75) is 30.9 Å². The van der Waals surface area contributed by atoms with Gasteiger partial charge in [-0.05, 0) is 31.9 Å². The van der Waals surface area contributed by atoms with Gasteiger partial charge in [0.05, 0.1) is 0 Å². The third-order valence-corrected chi connectivity index (χ3v) is 7.23. The minimum atomic E-state index is -3.42. The monoisotopic (exact) mass is 317 g/mol. The number of rotatable bonds is 3. The van der Waals surface area contributed by atoms with E-state index in [2.05, 4.69) is 5.16 Å². The van der Waals surface area contributed by atoms with Crippen molar-refractivity contribution in [2.75, 3.05) is 13.1 Å². The second-order valence-corrected chi connectivity index (χ2v) is 8.77. The van der Waals surface area contributed by atoms with Gasteiger partial charge in [-0.1, -0.05) is 12.1 Å². The van der Waals surface area contributed by atoms with E-state index in [0.29, 0.717) is 30.1 Å². The van der Waals surface area contributed by atoms with Crippen LogP contribution < -0.4 is 5.73 Å². The van der Waals surface area contributed by atoms with Gasteiger partial charge >= 0.3 is 0 Å². The van der Waals surface area contributed by atoms with E-state index in [1.807, 2.05) is 19.9 Å². The Morgan fingerprint density at radius 1 is 1.45 bits per heavy atom. The molecule has 0 radical (unpaired) electrons. The smallest absolute Gasteiger partial charge is 0.252 e. The Bertz CT molecular complexity index is 614. The maximum absolute atomic E-state index is 12.5. The van der Waals surface area contributed by atoms with Crippen LogP contribution in [0.2, 0.25) is 0 Å². The maximum atomic E-state index is 12.5. The average molecular weight is 317 g/mol. The lowest BCUT2D eigenvalue weighted by Gasteiger charge is -2.37. The van der Waals surface area contributed by atoms with Gasteiger partial charge in [-0.15, -0.1) is 11.3 Å². The number of nitrogens with two attached hydrogens (primary N) is 1. The molecule has 1 aromatic heterocycles. The van der Waals surface area contributed by atoms with Crippen LogP contribution in [0.25, 0.3) is 0 Å². The van der Waals surface area contributed by atoms with E-state index < -0.39 is 15.4 Å². The molecule has 0 aromatic carbocycles. The highest BCUT2D eigenvalue weighted by atomic mass is 32.2. The number of hydrogen-bond donors (Lipinski definition) is 2. The zero-order valence-corrected chi connectivity index (χ0v) is 13.2. The predicted octanol–water partition coefficient (Wildman–Crippen LogP) is 1.59. The lowest BCUT2D eigenvalue weighted by Crippen LogP contribution is -2.47. The van der Waals surface area contributed by atoms with Crippen LogP contribution in [0, 0.1) is 12.3 Å². The second-order valence-electron chi connectivity index (χ2n) is 5.32. The third-order valence-electron chi connectivity index (χ3n) is 3.86. The zero-order valence-electron chi connectivity index (χ0n) is 11.5. The van der Waals surface area contributed by atoms with Gasteiger partial charge < -0.3 is 10.9 Å². The minimum Gasteiger partial charge on any atom is -0.409 e. The molecule has 0 atom stereocenters. The molecule has 0 spiro atoms. The van der Waals surface area contributed by atoms with Gasteiger partial charge in [0.15, 0.2) is 0 Å². The highest BCUT2D eigenvalue weighted by Gasteiger charge is 2.38. The lowest BCUT2D eigenvalue weighted by molar-refractivity contribution is 0.230. The van der Waals surface area contributed by atoms with Gasteiger partial charge in [0.25, 0.3) is 10.0 Å². The van der Waals surface area contributed by atoms with E-state index >= 15 is 0 Å². The van der Waals surface area contributed by atoms with Crippen molar-refractivity contribution in [3.8, 4) is 0 Å². The molecule has 1 aliphatic rings. The van der Waals surface area contributed by atoms with Gasteiger partial charge in [0.2, 0.25) is 0 Å². The molecule has 1 saturated heterocycles. The third kappa shape index (κ3) is 2.68. The topological polar surface area (TPSA) is 96.0 Å². The van der Waals surface area contributed by atoms with E-state index in [4.69, 9.17) is 10.9 Å². The highest BCUT2D eigenvalue weighted by Crippen LogP contribution is 2.34. The number of thiophene rings is 1. The van der Waals surface area contributed by atoms with Crippen LogP contribution >= 0.6 is 11.3 Å².